The van der Waals surface area contributed by atoms with E-state index in [1.54, 1.807) is 6.92 Å². The number of hydrogen-bond acceptors (Lipinski definition) is 14. The highest BCUT2D eigenvalue weighted by Crippen LogP contribution is 2.27. The molecule has 14 heteroatoms. The number of aliphatic hydroxyl groups excluding tert-OH is 1. The van der Waals surface area contributed by atoms with E-state index in [0.29, 0.717) is 0 Å². The molecular formula is C13H26N2O12. The Morgan fingerprint density at radius 3 is 2.11 bits per heavy atom. The van der Waals surface area contributed by atoms with Gasteiger partial charge >= 0.3 is 6.16 Å². The van der Waals surface area contributed by atoms with Gasteiger partial charge in [0.2, 0.25) is 0 Å². The van der Waals surface area contributed by atoms with Crippen LogP contribution in [-0.4, -0.2) is 93.4 Å². The minimum atomic E-state index is -1.67. The summed E-state index contributed by atoms with van der Waals surface area (Å²) in [5, 5.41) is 44.3. The second-order valence-corrected chi connectivity index (χ2v) is 6.04. The monoisotopic (exact) mass is 402 g/mol. The van der Waals surface area contributed by atoms with Gasteiger partial charge in [0.05, 0.1) is 10.8 Å². The Morgan fingerprint density at radius 2 is 1.63 bits per heavy atom. The zero-order valence-electron chi connectivity index (χ0n) is 15.2. The van der Waals surface area contributed by atoms with Crippen LogP contribution in [-0.2, 0) is 28.6 Å². The van der Waals surface area contributed by atoms with E-state index in [1.807, 2.05) is 13.8 Å². The zero-order valence-corrected chi connectivity index (χ0v) is 15.2. The van der Waals surface area contributed by atoms with Gasteiger partial charge in [-0.2, -0.15) is 0 Å². The van der Waals surface area contributed by atoms with Crippen LogP contribution in [0.25, 0.3) is 0 Å². The van der Waals surface area contributed by atoms with E-state index in [9.17, 15) is 9.90 Å². The molecule has 27 heavy (non-hydrogen) atoms. The van der Waals surface area contributed by atoms with E-state index in [1.165, 1.54) is 7.11 Å². The predicted octanol–water partition coefficient (Wildman–Crippen LogP) is -0.322. The van der Waals surface area contributed by atoms with Crippen LogP contribution >= 0.6 is 0 Å². The third-order valence-corrected chi connectivity index (χ3v) is 3.87. The molecule has 1 rings (SSSR count). The third kappa shape index (κ3) is 7.40. The molecule has 0 aromatic rings. The molecular weight excluding hydrogens is 376 g/mol. The van der Waals surface area contributed by atoms with E-state index in [2.05, 4.69) is 9.68 Å². The van der Waals surface area contributed by atoms with Crippen LogP contribution < -0.4 is 0 Å². The first kappa shape index (κ1) is 23.9. The Hall–Kier alpha value is -1.17. The Labute approximate surface area is 154 Å². The summed E-state index contributed by atoms with van der Waals surface area (Å²) in [5.41, 5.74) is 0. The molecule has 14 nitrogen and oxygen atoms in total. The minimum Gasteiger partial charge on any atom is -0.431 e. The smallest absolute Gasteiger partial charge is 0.431 e. The lowest BCUT2D eigenvalue weighted by Crippen LogP contribution is -2.62. The third-order valence-electron chi connectivity index (χ3n) is 3.87. The SMILES string of the molecule is CO[C@H]1O[C@H](COC(=O)OC(C)C(C)C)[C@@H](O)[C@H](ON(O)O)[C@H]1ON(O)O. The fourth-order valence-corrected chi connectivity index (χ4v) is 2.14. The molecule has 0 aromatic heterocycles. The molecule has 6 atom stereocenters. The lowest BCUT2D eigenvalue weighted by molar-refractivity contribution is -0.557. The van der Waals surface area contributed by atoms with E-state index < -0.39 is 60.4 Å². The van der Waals surface area contributed by atoms with Gasteiger partial charge in [0.25, 0.3) is 0 Å². The summed E-state index contributed by atoms with van der Waals surface area (Å²) in [7, 11) is 1.17. The topological polar surface area (TPSA) is 180 Å². The molecule has 0 aliphatic carbocycles. The summed E-state index contributed by atoms with van der Waals surface area (Å²) in [4.78, 5) is 20.8. The van der Waals surface area contributed by atoms with Gasteiger partial charge in [-0.1, -0.05) is 13.8 Å². The molecule has 0 radical (unpaired) electrons. The first-order valence-electron chi connectivity index (χ1n) is 7.95. The Balaban J connectivity index is 2.79. The highest BCUT2D eigenvalue weighted by molar-refractivity contribution is 5.60. The lowest BCUT2D eigenvalue weighted by atomic mass is 9.99. The van der Waals surface area contributed by atoms with Gasteiger partial charge in [0.1, 0.15) is 31.0 Å². The van der Waals surface area contributed by atoms with Gasteiger partial charge in [-0.3, -0.25) is 20.8 Å². The molecule has 1 aliphatic rings. The average Bonchev–Trinajstić information content (AvgIpc) is 2.56. The molecule has 1 aliphatic heterocycles. The summed E-state index contributed by atoms with van der Waals surface area (Å²) >= 11 is 0. The van der Waals surface area contributed by atoms with Gasteiger partial charge in [0, 0.05) is 7.11 Å². The van der Waals surface area contributed by atoms with Crippen molar-refractivity contribution in [1.29, 1.82) is 0 Å². The summed E-state index contributed by atoms with van der Waals surface area (Å²) in [5.74, 6) is 0.0580. The van der Waals surface area contributed by atoms with Gasteiger partial charge in [0.15, 0.2) is 12.4 Å². The molecule has 1 fully saturated rings. The quantitative estimate of drug-likeness (QED) is 0.250. The van der Waals surface area contributed by atoms with Crippen LogP contribution in [0.2, 0.25) is 0 Å². The van der Waals surface area contributed by atoms with Crippen molar-refractivity contribution in [3.05, 3.63) is 0 Å². The first-order chi connectivity index (χ1) is 12.6. The van der Waals surface area contributed by atoms with Crippen molar-refractivity contribution in [1.82, 2.24) is 10.8 Å². The van der Waals surface area contributed by atoms with Crippen molar-refractivity contribution in [2.45, 2.75) is 57.6 Å². The molecule has 0 bridgehead atoms. The Morgan fingerprint density at radius 1 is 1.07 bits per heavy atom. The van der Waals surface area contributed by atoms with Gasteiger partial charge in [-0.15, -0.1) is 0 Å². The van der Waals surface area contributed by atoms with Gasteiger partial charge < -0.3 is 24.1 Å². The van der Waals surface area contributed by atoms with E-state index in [0.717, 1.165) is 0 Å². The van der Waals surface area contributed by atoms with Crippen molar-refractivity contribution >= 4 is 6.16 Å². The van der Waals surface area contributed by atoms with Crippen LogP contribution in [0.5, 0.6) is 0 Å². The molecule has 0 saturated carbocycles. The Bertz CT molecular complexity index is 451. The number of aliphatic hydroxyl groups is 1. The summed E-state index contributed by atoms with van der Waals surface area (Å²) in [6.45, 7) is 4.87. The molecule has 160 valence electrons. The van der Waals surface area contributed by atoms with Crippen LogP contribution in [0.3, 0.4) is 0 Å². The number of nitrogens with zero attached hydrogens (tertiary/aromatic N) is 2. The second-order valence-electron chi connectivity index (χ2n) is 6.04. The maximum absolute atomic E-state index is 11.7. The van der Waals surface area contributed by atoms with Gasteiger partial charge in [-0.05, 0) is 12.8 Å². The molecule has 0 spiro atoms. The van der Waals surface area contributed by atoms with Crippen LogP contribution in [0.4, 0.5) is 4.79 Å². The highest BCUT2D eigenvalue weighted by atomic mass is 17.1. The zero-order chi connectivity index (χ0) is 20.7. The van der Waals surface area contributed by atoms with Gasteiger partial charge in [-0.25, -0.2) is 14.5 Å². The van der Waals surface area contributed by atoms with E-state index in [4.69, 9.17) is 39.8 Å². The number of methoxy groups -OCH3 is 1. The van der Waals surface area contributed by atoms with E-state index >= 15 is 0 Å². The fraction of sp³-hybridized carbons (Fsp3) is 0.923. The Kier molecular flexibility index (Phi) is 9.71. The molecule has 0 amide bonds. The van der Waals surface area contributed by atoms with Crippen molar-refractivity contribution in [3.63, 3.8) is 0 Å². The average molecular weight is 402 g/mol. The number of carbonyl (C=O) groups is 1. The number of rotatable bonds is 9. The maximum atomic E-state index is 11.7. The lowest BCUT2D eigenvalue weighted by Gasteiger charge is -2.42. The number of ether oxygens (including phenoxy) is 4. The standard InChI is InChI=1S/C13H26N2O12/c1-6(2)7(3)24-13(17)23-5-8-9(16)10(26-14(18)19)11(27-15(20)21)12(22-4)25-8/h6-12,16,18-21H,5H2,1-4H3/t7?,8-,9-,10+,11-,12+/m1/s1. The fourth-order valence-electron chi connectivity index (χ4n) is 2.14. The summed E-state index contributed by atoms with van der Waals surface area (Å²) in [6.07, 6.45) is -8.89. The van der Waals surface area contributed by atoms with Crippen molar-refractivity contribution in [3.8, 4) is 0 Å². The predicted molar refractivity (Wildman–Crippen MR) is 79.0 cm³/mol. The van der Waals surface area contributed by atoms with Crippen LogP contribution in [0, 0.1) is 5.92 Å². The maximum Gasteiger partial charge on any atom is 0.508 e. The molecule has 1 saturated heterocycles. The van der Waals surface area contributed by atoms with Crippen molar-refractivity contribution < 1.29 is 59.4 Å². The summed E-state index contributed by atoms with van der Waals surface area (Å²) < 4.78 is 20.2. The minimum absolute atomic E-state index is 0.0580. The number of hydrogen-bond donors (Lipinski definition) is 5. The largest absolute Gasteiger partial charge is 0.508 e. The van der Waals surface area contributed by atoms with Crippen LogP contribution in [0.1, 0.15) is 20.8 Å². The van der Waals surface area contributed by atoms with Crippen molar-refractivity contribution in [2.24, 2.45) is 5.92 Å². The molecule has 1 unspecified atom stereocenters. The highest BCUT2D eigenvalue weighted by Gasteiger charge is 2.50. The molecule has 0 aromatic carbocycles. The normalized spacial score (nSPS) is 30.0. The van der Waals surface area contributed by atoms with Crippen molar-refractivity contribution in [2.75, 3.05) is 13.7 Å². The van der Waals surface area contributed by atoms with Crippen LogP contribution in [0.15, 0.2) is 0 Å². The molecule has 1 heterocycles. The number of carbonyl (C=O) groups excluding carboxylic acids is 1. The second kappa shape index (κ2) is 11.0. The molecule has 5 N–H and O–H groups in total. The first-order valence-corrected chi connectivity index (χ1v) is 7.95. The van der Waals surface area contributed by atoms with E-state index in [-0.39, 0.29) is 5.92 Å². The summed E-state index contributed by atoms with van der Waals surface area (Å²) in [6, 6.07) is 0.